The molecule has 0 radical (unpaired) electrons. The molecule has 0 aromatic carbocycles. The van der Waals surface area contributed by atoms with Gasteiger partial charge in [0.2, 0.25) is 0 Å². The Morgan fingerprint density at radius 2 is 1.09 bits per heavy atom. The molecule has 1 aliphatic carbocycles. The number of carbonyl (C=O) groups excluding carboxylic acids is 3. The van der Waals surface area contributed by atoms with E-state index in [1.807, 2.05) is 0 Å². The number of rotatable bonds is 9. The van der Waals surface area contributed by atoms with E-state index < -0.39 is 17.9 Å². The summed E-state index contributed by atoms with van der Waals surface area (Å²) in [4.78, 5) is 41.1. The van der Waals surface area contributed by atoms with Crippen molar-refractivity contribution in [2.75, 3.05) is 85.6 Å². The van der Waals surface area contributed by atoms with Crippen LogP contribution in [-0.2, 0) is 19.1 Å². The molecule has 2 rings (SSSR count). The number of carboxylic acids is 3. The van der Waals surface area contributed by atoms with Crippen molar-refractivity contribution >= 4 is 17.9 Å². The highest BCUT2D eigenvalue weighted by Gasteiger charge is 2.24. The molecule has 0 bridgehead atoms. The van der Waals surface area contributed by atoms with Crippen molar-refractivity contribution in [1.82, 2.24) is 19.6 Å². The molecule has 1 aliphatic heterocycles. The van der Waals surface area contributed by atoms with Gasteiger partial charge in [0.1, 0.15) is 0 Å². The van der Waals surface area contributed by atoms with Crippen molar-refractivity contribution in [1.29, 1.82) is 0 Å². The highest BCUT2D eigenvalue weighted by Crippen LogP contribution is 2.26. The van der Waals surface area contributed by atoms with Crippen LogP contribution in [0.2, 0.25) is 0 Å². The average Bonchev–Trinajstić information content (AvgIpc) is 2.74. The molecule has 190 valence electrons. The molecule has 0 N–H and O–H groups in total. The lowest BCUT2D eigenvalue weighted by Crippen LogP contribution is -2.51. The second-order valence-electron chi connectivity index (χ2n) is 9.14. The summed E-state index contributed by atoms with van der Waals surface area (Å²) < 4.78 is 5.55. The fraction of sp³-hybridized carbons (Fsp3) is 0.864. The van der Waals surface area contributed by atoms with E-state index >= 15 is 0 Å². The number of hydrogen-bond acceptors (Lipinski definition) is 11. The highest BCUT2D eigenvalue weighted by molar-refractivity contribution is 5.67. The summed E-state index contributed by atoms with van der Waals surface area (Å²) in [5.74, 6) is -3.10. The fourth-order valence-corrected chi connectivity index (χ4v) is 4.77. The van der Waals surface area contributed by atoms with Crippen LogP contribution < -0.4 is 15.3 Å². The zero-order chi connectivity index (χ0) is 24.2. The van der Waals surface area contributed by atoms with Gasteiger partial charge in [-0.25, -0.2) is 0 Å². The molecular weight excluding hydrogens is 432 g/mol. The van der Waals surface area contributed by atoms with Crippen LogP contribution in [0.15, 0.2) is 0 Å². The minimum atomic E-state index is -1.23. The number of carbonyl (C=O) groups is 3. The Morgan fingerprint density at radius 1 is 0.697 bits per heavy atom. The first-order chi connectivity index (χ1) is 15.7. The zero-order valence-electron chi connectivity index (χ0n) is 19.6. The predicted octanol–water partition coefficient (Wildman–Crippen LogP) is -4.34. The predicted molar refractivity (Wildman–Crippen MR) is 114 cm³/mol. The van der Waals surface area contributed by atoms with Crippen molar-refractivity contribution in [3.05, 3.63) is 0 Å². The van der Waals surface area contributed by atoms with Gasteiger partial charge in [-0.15, -0.1) is 0 Å². The summed E-state index contributed by atoms with van der Waals surface area (Å²) in [7, 11) is 1.74. The molecule has 33 heavy (non-hydrogen) atoms. The topological polar surface area (TPSA) is 143 Å². The normalized spacial score (nSPS) is 25.7. The Hall–Kier alpha value is -1.79. The Balaban J connectivity index is 2.09. The third-order valence-corrected chi connectivity index (χ3v) is 6.57. The van der Waals surface area contributed by atoms with Crippen LogP contribution in [0.1, 0.15) is 25.7 Å². The van der Waals surface area contributed by atoms with Gasteiger partial charge in [-0.1, -0.05) is 6.42 Å². The average molecular weight is 470 g/mol. The van der Waals surface area contributed by atoms with Gasteiger partial charge in [0.25, 0.3) is 0 Å². The van der Waals surface area contributed by atoms with E-state index in [9.17, 15) is 29.7 Å². The second kappa shape index (κ2) is 14.5. The largest absolute Gasteiger partial charge is 0.549 e. The molecule has 2 aliphatic rings. The molecule has 0 aromatic rings. The lowest BCUT2D eigenvalue weighted by molar-refractivity contribution is -0.308. The van der Waals surface area contributed by atoms with Crippen molar-refractivity contribution < 1.29 is 34.4 Å². The van der Waals surface area contributed by atoms with Gasteiger partial charge in [0, 0.05) is 85.6 Å². The molecule has 2 unspecified atom stereocenters. The van der Waals surface area contributed by atoms with E-state index in [1.54, 1.807) is 21.8 Å². The molecule has 11 heteroatoms. The van der Waals surface area contributed by atoms with E-state index in [0.29, 0.717) is 58.3 Å². The lowest BCUT2D eigenvalue weighted by Gasteiger charge is -2.37. The van der Waals surface area contributed by atoms with Crippen LogP contribution in [-0.4, -0.2) is 129 Å². The van der Waals surface area contributed by atoms with Crippen molar-refractivity contribution in [2.45, 2.75) is 31.8 Å². The van der Waals surface area contributed by atoms with E-state index in [0.717, 1.165) is 32.2 Å². The van der Waals surface area contributed by atoms with Crippen LogP contribution in [0.3, 0.4) is 0 Å². The minimum Gasteiger partial charge on any atom is -0.549 e. The third kappa shape index (κ3) is 11.3. The first kappa shape index (κ1) is 27.5. The molecule has 0 amide bonds. The van der Waals surface area contributed by atoms with Crippen LogP contribution >= 0.6 is 0 Å². The molecule has 1 saturated heterocycles. The maximum absolute atomic E-state index is 11.2. The van der Waals surface area contributed by atoms with E-state index in [4.69, 9.17) is 4.74 Å². The van der Waals surface area contributed by atoms with E-state index in [-0.39, 0.29) is 25.7 Å². The number of methoxy groups -OCH3 is 1. The van der Waals surface area contributed by atoms with Gasteiger partial charge in [-0.05, 0) is 25.2 Å². The monoisotopic (exact) mass is 469 g/mol. The molecule has 1 saturated carbocycles. The Labute approximate surface area is 195 Å². The van der Waals surface area contributed by atoms with Crippen LogP contribution in [0.4, 0.5) is 0 Å². The number of hydrogen-bond donors (Lipinski definition) is 0. The highest BCUT2D eigenvalue weighted by atomic mass is 16.5. The lowest BCUT2D eigenvalue weighted by atomic mass is 9.87. The SMILES string of the molecule is COC1CCCC(CN2CCN(CC(=O)[O-])CCN(CC(=O)[O-])CCN(CC(=O)[O-])CC2)C1. The summed E-state index contributed by atoms with van der Waals surface area (Å²) in [6.07, 6.45) is 4.53. The number of carboxylic acid groups (broad SMARTS) is 3. The maximum atomic E-state index is 11.2. The third-order valence-electron chi connectivity index (χ3n) is 6.57. The standard InChI is InChI=1S/C22H40N4O7/c1-33-19-4-2-3-18(13-19)14-23-5-7-24(15-20(27)28)9-11-26(17-22(31)32)12-10-25(8-6-23)16-21(29)30/h18-19H,2-17H2,1H3,(H,27,28)(H,29,30)(H,31,32)/p-3. The smallest absolute Gasteiger partial charge is 0.0574 e. The minimum absolute atomic E-state index is 0.223. The van der Waals surface area contributed by atoms with Crippen molar-refractivity contribution in [2.24, 2.45) is 5.92 Å². The van der Waals surface area contributed by atoms with E-state index in [1.165, 1.54) is 0 Å². The van der Waals surface area contributed by atoms with Gasteiger partial charge in [0.05, 0.1) is 24.0 Å². The Bertz CT molecular complexity index is 604. The van der Waals surface area contributed by atoms with Gasteiger partial charge < -0.3 is 39.3 Å². The van der Waals surface area contributed by atoms with Crippen molar-refractivity contribution in [3.8, 4) is 0 Å². The van der Waals surface area contributed by atoms with Crippen LogP contribution in [0.25, 0.3) is 0 Å². The van der Waals surface area contributed by atoms with Gasteiger partial charge in [-0.2, -0.15) is 0 Å². The van der Waals surface area contributed by atoms with Gasteiger partial charge in [-0.3, -0.25) is 14.7 Å². The first-order valence-corrected chi connectivity index (χ1v) is 11.8. The number of aliphatic carboxylic acids is 3. The molecule has 2 fully saturated rings. The van der Waals surface area contributed by atoms with Gasteiger partial charge >= 0.3 is 0 Å². The summed E-state index contributed by atoms with van der Waals surface area (Å²) in [6, 6.07) is 0. The molecule has 0 spiro atoms. The summed E-state index contributed by atoms with van der Waals surface area (Å²) in [5.41, 5.74) is 0. The number of nitrogens with zero attached hydrogens (tertiary/aromatic N) is 4. The fourth-order valence-electron chi connectivity index (χ4n) is 4.77. The molecule has 0 aromatic heterocycles. The molecule has 1 heterocycles. The Morgan fingerprint density at radius 3 is 1.45 bits per heavy atom. The van der Waals surface area contributed by atoms with Crippen molar-refractivity contribution in [3.63, 3.8) is 0 Å². The molecule has 2 atom stereocenters. The maximum Gasteiger partial charge on any atom is 0.0574 e. The van der Waals surface area contributed by atoms with Crippen LogP contribution in [0, 0.1) is 5.92 Å². The molecular formula is C22H37N4O7-3. The number of ether oxygens (including phenoxy) is 1. The zero-order valence-corrected chi connectivity index (χ0v) is 19.6. The quantitative estimate of drug-likeness (QED) is 0.323. The summed E-state index contributed by atoms with van der Waals surface area (Å²) in [6.45, 7) is 3.73. The summed E-state index contributed by atoms with van der Waals surface area (Å²) in [5, 5.41) is 33.6. The summed E-state index contributed by atoms with van der Waals surface area (Å²) >= 11 is 0. The van der Waals surface area contributed by atoms with Crippen LogP contribution in [0.5, 0.6) is 0 Å². The van der Waals surface area contributed by atoms with E-state index in [2.05, 4.69) is 4.90 Å². The second-order valence-corrected chi connectivity index (χ2v) is 9.14. The van der Waals surface area contributed by atoms with Gasteiger partial charge in [0.15, 0.2) is 0 Å². The Kier molecular flexibility index (Phi) is 12.0. The molecule has 11 nitrogen and oxygen atoms in total. The first-order valence-electron chi connectivity index (χ1n) is 11.8.